The first-order valence-corrected chi connectivity index (χ1v) is 9.32. The number of anilines is 1. The van der Waals surface area contributed by atoms with E-state index in [9.17, 15) is 9.18 Å². The molecule has 6 heteroatoms. The molecule has 1 amide bonds. The topological polar surface area (TPSA) is 50.4 Å². The fourth-order valence-corrected chi connectivity index (χ4v) is 3.46. The Morgan fingerprint density at radius 2 is 2.08 bits per heavy atom. The fraction of sp³-hybridized carbons (Fsp3) is 0.316. The zero-order chi connectivity index (χ0) is 17.6. The molecule has 0 saturated heterocycles. The van der Waals surface area contributed by atoms with Gasteiger partial charge >= 0.3 is 0 Å². The predicted octanol–water partition coefficient (Wildman–Crippen LogP) is 3.60. The number of amides is 1. The van der Waals surface area contributed by atoms with E-state index in [4.69, 9.17) is 4.74 Å². The van der Waals surface area contributed by atoms with E-state index in [1.807, 2.05) is 37.3 Å². The molecule has 0 bridgehead atoms. The Morgan fingerprint density at radius 1 is 1.28 bits per heavy atom. The Morgan fingerprint density at radius 3 is 2.84 bits per heavy atom. The summed E-state index contributed by atoms with van der Waals surface area (Å²) in [5.74, 6) is 0.513. The molecule has 1 aliphatic rings. The first-order valence-electron chi connectivity index (χ1n) is 8.34. The van der Waals surface area contributed by atoms with E-state index in [0.717, 1.165) is 22.8 Å². The molecule has 0 radical (unpaired) electrons. The number of carbonyl (C=O) groups excluding carboxylic acids is 1. The molecule has 3 rings (SSSR count). The lowest BCUT2D eigenvalue weighted by atomic mass is 9.99. The third kappa shape index (κ3) is 4.52. The van der Waals surface area contributed by atoms with Crippen LogP contribution in [0.1, 0.15) is 18.1 Å². The second-order valence-electron chi connectivity index (χ2n) is 5.73. The summed E-state index contributed by atoms with van der Waals surface area (Å²) in [5.41, 5.74) is 1.93. The molecule has 25 heavy (non-hydrogen) atoms. The van der Waals surface area contributed by atoms with Gasteiger partial charge in [0.15, 0.2) is 0 Å². The summed E-state index contributed by atoms with van der Waals surface area (Å²) < 4.78 is 19.9. The summed E-state index contributed by atoms with van der Waals surface area (Å²) in [4.78, 5) is 13.1. The molecule has 4 nitrogen and oxygen atoms in total. The zero-order valence-electron chi connectivity index (χ0n) is 14.1. The molecule has 2 N–H and O–H groups in total. The molecule has 0 aliphatic carbocycles. The highest BCUT2D eigenvalue weighted by molar-refractivity contribution is 8.00. The summed E-state index contributed by atoms with van der Waals surface area (Å²) in [7, 11) is 0. The average Bonchev–Trinajstić information content (AvgIpc) is 2.64. The molecular weight excluding hydrogens is 339 g/mol. The number of hydrogen-bond donors (Lipinski definition) is 2. The zero-order valence-corrected chi connectivity index (χ0v) is 14.9. The average molecular weight is 360 g/mol. The van der Waals surface area contributed by atoms with Crippen LogP contribution in [0, 0.1) is 5.82 Å². The number of carbonyl (C=O) groups is 1. The van der Waals surface area contributed by atoms with Gasteiger partial charge in [0.2, 0.25) is 5.91 Å². The minimum absolute atomic E-state index is 0.216. The molecule has 1 aliphatic heterocycles. The summed E-state index contributed by atoms with van der Waals surface area (Å²) in [5, 5.41) is 5.89. The van der Waals surface area contributed by atoms with Gasteiger partial charge in [0, 0.05) is 11.4 Å². The monoisotopic (exact) mass is 360 g/mol. The molecular formula is C19H21FN2O2S. The highest BCUT2D eigenvalue weighted by Gasteiger charge is 2.17. The lowest BCUT2D eigenvalue weighted by Gasteiger charge is -2.19. The quantitative estimate of drug-likeness (QED) is 0.773. The fourth-order valence-electron chi connectivity index (χ4n) is 2.76. The number of ether oxygens (including phenoxy) is 1. The van der Waals surface area contributed by atoms with Crippen LogP contribution < -0.4 is 15.4 Å². The van der Waals surface area contributed by atoms with Crippen LogP contribution >= 0.6 is 11.8 Å². The van der Waals surface area contributed by atoms with Crippen molar-refractivity contribution in [1.82, 2.24) is 5.32 Å². The van der Waals surface area contributed by atoms with E-state index >= 15 is 0 Å². The van der Waals surface area contributed by atoms with Gasteiger partial charge in [-0.2, -0.15) is 0 Å². The van der Waals surface area contributed by atoms with Crippen LogP contribution in [0.25, 0.3) is 0 Å². The van der Waals surface area contributed by atoms with Gasteiger partial charge in [0.25, 0.3) is 0 Å². The molecule has 0 aromatic heterocycles. The van der Waals surface area contributed by atoms with Crippen molar-refractivity contribution in [1.29, 1.82) is 0 Å². The molecule has 2 aromatic carbocycles. The lowest BCUT2D eigenvalue weighted by Crippen LogP contribution is -2.25. The smallest absolute Gasteiger partial charge is 0.234 e. The van der Waals surface area contributed by atoms with Gasteiger partial charge in [0.05, 0.1) is 18.0 Å². The Bertz CT molecular complexity index is 750. The lowest BCUT2D eigenvalue weighted by molar-refractivity contribution is -0.113. The van der Waals surface area contributed by atoms with Crippen LogP contribution in [0.3, 0.4) is 0 Å². The van der Waals surface area contributed by atoms with Crippen molar-refractivity contribution in [3.63, 3.8) is 0 Å². The third-order valence-corrected chi connectivity index (χ3v) is 5.00. The number of thioether (sulfide) groups is 1. The Hall–Kier alpha value is -2.05. The van der Waals surface area contributed by atoms with E-state index < -0.39 is 0 Å². The number of halogens is 1. The van der Waals surface area contributed by atoms with Crippen LogP contribution in [-0.4, -0.2) is 24.8 Å². The maximum Gasteiger partial charge on any atom is 0.234 e. The number of rotatable bonds is 6. The van der Waals surface area contributed by atoms with E-state index in [2.05, 4.69) is 10.6 Å². The highest BCUT2D eigenvalue weighted by atomic mass is 32.2. The minimum atomic E-state index is -0.307. The second kappa shape index (κ2) is 8.36. The number of fused-ring (bicyclic) bond motifs is 1. The van der Waals surface area contributed by atoms with E-state index in [1.165, 1.54) is 11.8 Å². The standard InChI is InChI=1S/C19H21FN2O2S/c1-2-24-14-4-6-15(7-5-14)25-12-18(23)22-17-8-3-13-11-21-10-9-16(13)19(17)20/h3-8,21H,2,9-12H2,1H3,(H,22,23). The maximum atomic E-state index is 14.5. The predicted molar refractivity (Wildman–Crippen MR) is 98.8 cm³/mol. The van der Waals surface area contributed by atoms with Crippen LogP contribution in [0.2, 0.25) is 0 Å². The van der Waals surface area contributed by atoms with Gasteiger partial charge in [-0.3, -0.25) is 4.79 Å². The molecule has 0 spiro atoms. The van der Waals surface area contributed by atoms with Crippen LogP contribution in [0.4, 0.5) is 10.1 Å². The van der Waals surface area contributed by atoms with Crippen molar-refractivity contribution in [2.45, 2.75) is 24.8 Å². The Kier molecular flexibility index (Phi) is 5.94. The second-order valence-corrected chi connectivity index (χ2v) is 6.78. The molecule has 0 unspecified atom stereocenters. The first kappa shape index (κ1) is 17.8. The molecule has 0 saturated carbocycles. The largest absolute Gasteiger partial charge is 0.494 e. The highest BCUT2D eigenvalue weighted by Crippen LogP contribution is 2.25. The van der Waals surface area contributed by atoms with Crippen LogP contribution in [0.15, 0.2) is 41.3 Å². The summed E-state index contributed by atoms with van der Waals surface area (Å²) in [6, 6.07) is 11.1. The van der Waals surface area contributed by atoms with Crippen molar-refractivity contribution in [2.75, 3.05) is 24.2 Å². The van der Waals surface area contributed by atoms with Crippen molar-refractivity contribution >= 4 is 23.4 Å². The summed E-state index contributed by atoms with van der Waals surface area (Å²) >= 11 is 1.41. The molecule has 132 valence electrons. The van der Waals surface area contributed by atoms with E-state index in [0.29, 0.717) is 25.1 Å². The first-order chi connectivity index (χ1) is 12.2. The Balaban J connectivity index is 1.57. The van der Waals surface area contributed by atoms with Crippen molar-refractivity contribution < 1.29 is 13.9 Å². The number of hydrogen-bond acceptors (Lipinski definition) is 4. The summed E-state index contributed by atoms with van der Waals surface area (Å²) in [6.07, 6.45) is 0.645. The third-order valence-electron chi connectivity index (χ3n) is 3.99. The van der Waals surface area contributed by atoms with E-state index in [-0.39, 0.29) is 23.2 Å². The van der Waals surface area contributed by atoms with Crippen LogP contribution in [0.5, 0.6) is 5.75 Å². The Labute approximate surface area is 151 Å². The van der Waals surface area contributed by atoms with Crippen molar-refractivity contribution in [3.05, 3.63) is 53.3 Å². The van der Waals surface area contributed by atoms with Crippen molar-refractivity contribution in [2.24, 2.45) is 0 Å². The number of nitrogens with one attached hydrogen (secondary N) is 2. The van der Waals surface area contributed by atoms with Gasteiger partial charge in [-0.1, -0.05) is 6.07 Å². The summed E-state index contributed by atoms with van der Waals surface area (Å²) in [6.45, 7) is 3.99. The minimum Gasteiger partial charge on any atom is -0.494 e. The molecule has 2 aromatic rings. The van der Waals surface area contributed by atoms with Gasteiger partial charge < -0.3 is 15.4 Å². The van der Waals surface area contributed by atoms with Crippen molar-refractivity contribution in [3.8, 4) is 5.75 Å². The van der Waals surface area contributed by atoms with E-state index in [1.54, 1.807) is 6.07 Å². The normalized spacial score (nSPS) is 13.2. The number of benzene rings is 2. The van der Waals surface area contributed by atoms with Gasteiger partial charge in [0.1, 0.15) is 11.6 Å². The van der Waals surface area contributed by atoms with Gasteiger partial charge in [-0.25, -0.2) is 4.39 Å². The maximum absolute atomic E-state index is 14.5. The van der Waals surface area contributed by atoms with Gasteiger partial charge in [-0.05, 0) is 61.3 Å². The molecule has 0 fully saturated rings. The molecule has 1 heterocycles. The molecule has 0 atom stereocenters. The van der Waals surface area contributed by atoms with Gasteiger partial charge in [-0.15, -0.1) is 11.8 Å². The SMILES string of the molecule is CCOc1ccc(SCC(=O)Nc2ccc3c(c2F)CCNC3)cc1. The van der Waals surface area contributed by atoms with Crippen LogP contribution in [-0.2, 0) is 17.8 Å².